The fraction of sp³-hybridized carbons (Fsp3) is 0.647. The summed E-state index contributed by atoms with van der Waals surface area (Å²) in [6, 6.07) is 8.27. The summed E-state index contributed by atoms with van der Waals surface area (Å²) < 4.78 is 5.21. The van der Waals surface area contributed by atoms with Crippen molar-refractivity contribution in [2.24, 2.45) is 17.1 Å². The number of methoxy groups -OCH3 is 1. The van der Waals surface area contributed by atoms with Crippen LogP contribution < -0.4 is 15.4 Å². The first kappa shape index (κ1) is 15.2. The van der Waals surface area contributed by atoms with Crippen molar-refractivity contribution >= 4 is 5.69 Å². The van der Waals surface area contributed by atoms with E-state index in [1.807, 2.05) is 12.1 Å². The lowest BCUT2D eigenvalue weighted by Crippen LogP contribution is -2.43. The molecule has 1 fully saturated rings. The second kappa shape index (κ2) is 6.49. The van der Waals surface area contributed by atoms with Gasteiger partial charge in [-0.05, 0) is 49.6 Å². The first-order valence-corrected chi connectivity index (χ1v) is 7.64. The summed E-state index contributed by atoms with van der Waals surface area (Å²) in [6.45, 7) is 4.19. The summed E-state index contributed by atoms with van der Waals surface area (Å²) >= 11 is 0. The third kappa shape index (κ3) is 3.45. The molecule has 1 aliphatic rings. The number of benzene rings is 1. The molecule has 1 aliphatic carbocycles. The van der Waals surface area contributed by atoms with E-state index in [9.17, 15) is 0 Å². The van der Waals surface area contributed by atoms with E-state index in [4.69, 9.17) is 10.5 Å². The maximum atomic E-state index is 6.11. The van der Waals surface area contributed by atoms with Crippen LogP contribution in [0.15, 0.2) is 24.3 Å². The van der Waals surface area contributed by atoms with Crippen LogP contribution in [0, 0.1) is 11.3 Å². The van der Waals surface area contributed by atoms with Crippen molar-refractivity contribution in [3.05, 3.63) is 24.3 Å². The van der Waals surface area contributed by atoms with Gasteiger partial charge in [-0.25, -0.2) is 0 Å². The summed E-state index contributed by atoms with van der Waals surface area (Å²) in [5.74, 6) is 1.77. The van der Waals surface area contributed by atoms with Crippen molar-refractivity contribution in [3.63, 3.8) is 0 Å². The van der Waals surface area contributed by atoms with Crippen LogP contribution in [-0.4, -0.2) is 27.2 Å². The van der Waals surface area contributed by atoms with Crippen LogP contribution in [0.2, 0.25) is 0 Å². The van der Waals surface area contributed by atoms with Crippen molar-refractivity contribution in [1.82, 2.24) is 0 Å². The molecule has 1 aromatic carbocycles. The van der Waals surface area contributed by atoms with Crippen molar-refractivity contribution in [2.75, 3.05) is 32.1 Å². The molecular formula is C17H28N2O. The highest BCUT2D eigenvalue weighted by Gasteiger charge is 2.34. The molecule has 0 heterocycles. The predicted molar refractivity (Wildman–Crippen MR) is 85.4 cm³/mol. The third-order valence-corrected chi connectivity index (χ3v) is 4.85. The Morgan fingerprint density at radius 1 is 1.25 bits per heavy atom. The first-order valence-electron chi connectivity index (χ1n) is 7.64. The van der Waals surface area contributed by atoms with Gasteiger partial charge in [-0.2, -0.15) is 0 Å². The molecule has 0 aromatic heterocycles. The van der Waals surface area contributed by atoms with Gasteiger partial charge in [0.15, 0.2) is 0 Å². The number of nitrogens with two attached hydrogens (primary N) is 1. The molecule has 1 aromatic rings. The van der Waals surface area contributed by atoms with Crippen molar-refractivity contribution in [2.45, 2.75) is 32.6 Å². The molecular weight excluding hydrogens is 248 g/mol. The summed E-state index contributed by atoms with van der Waals surface area (Å²) in [4.78, 5) is 2.34. The molecule has 2 rings (SSSR count). The molecule has 1 saturated carbocycles. The first-order chi connectivity index (χ1) is 9.58. The minimum atomic E-state index is 0.293. The van der Waals surface area contributed by atoms with Gasteiger partial charge in [-0.15, -0.1) is 0 Å². The van der Waals surface area contributed by atoms with E-state index in [-0.39, 0.29) is 0 Å². The predicted octanol–water partition coefficient (Wildman–Crippen LogP) is 3.29. The Bertz CT molecular complexity index is 408. The standard InChI is InChI=1S/C17H28N2O/c1-14-8-10-17(12-18,11-9-14)13-19(2)15-4-6-16(20-3)7-5-15/h4-7,14H,8-13,18H2,1-3H3. The van der Waals surface area contributed by atoms with Gasteiger partial charge in [0.1, 0.15) is 5.75 Å². The quantitative estimate of drug-likeness (QED) is 0.897. The molecule has 0 atom stereocenters. The summed E-state index contributed by atoms with van der Waals surface area (Å²) in [5.41, 5.74) is 7.64. The third-order valence-electron chi connectivity index (χ3n) is 4.85. The second-order valence-corrected chi connectivity index (χ2v) is 6.44. The number of rotatable bonds is 5. The maximum absolute atomic E-state index is 6.11. The van der Waals surface area contributed by atoms with Crippen molar-refractivity contribution in [1.29, 1.82) is 0 Å². The summed E-state index contributed by atoms with van der Waals surface area (Å²) in [5, 5.41) is 0. The lowest BCUT2D eigenvalue weighted by Gasteiger charge is -2.41. The van der Waals surface area contributed by atoms with Gasteiger partial charge in [-0.3, -0.25) is 0 Å². The molecule has 112 valence electrons. The molecule has 3 nitrogen and oxygen atoms in total. The fourth-order valence-corrected chi connectivity index (χ4v) is 3.23. The lowest BCUT2D eigenvalue weighted by atomic mass is 9.70. The van der Waals surface area contributed by atoms with E-state index in [0.717, 1.165) is 24.8 Å². The van der Waals surface area contributed by atoms with Gasteiger partial charge in [0, 0.05) is 24.7 Å². The molecule has 0 spiro atoms. The van der Waals surface area contributed by atoms with Crippen LogP contribution in [0.25, 0.3) is 0 Å². The zero-order valence-corrected chi connectivity index (χ0v) is 13.1. The number of ether oxygens (including phenoxy) is 1. The molecule has 0 bridgehead atoms. The van der Waals surface area contributed by atoms with E-state index >= 15 is 0 Å². The average Bonchev–Trinajstić information content (AvgIpc) is 2.50. The largest absolute Gasteiger partial charge is 0.497 e. The van der Waals surface area contributed by atoms with Gasteiger partial charge in [0.25, 0.3) is 0 Å². The molecule has 0 radical (unpaired) electrons. The Balaban J connectivity index is 2.02. The number of nitrogens with zero attached hydrogens (tertiary/aromatic N) is 1. The van der Waals surface area contributed by atoms with Crippen LogP contribution >= 0.6 is 0 Å². The monoisotopic (exact) mass is 276 g/mol. The topological polar surface area (TPSA) is 38.5 Å². The molecule has 2 N–H and O–H groups in total. The normalized spacial score (nSPS) is 26.3. The summed E-state index contributed by atoms with van der Waals surface area (Å²) in [6.07, 6.45) is 5.14. The number of hydrogen-bond acceptors (Lipinski definition) is 3. The van der Waals surface area contributed by atoms with E-state index in [0.29, 0.717) is 5.41 Å². The van der Waals surface area contributed by atoms with Crippen LogP contribution in [0.1, 0.15) is 32.6 Å². The zero-order valence-electron chi connectivity index (χ0n) is 13.1. The average molecular weight is 276 g/mol. The Morgan fingerprint density at radius 2 is 1.85 bits per heavy atom. The minimum Gasteiger partial charge on any atom is -0.497 e. The lowest BCUT2D eigenvalue weighted by molar-refractivity contribution is 0.171. The zero-order chi connectivity index (χ0) is 14.6. The Hall–Kier alpha value is -1.22. The maximum Gasteiger partial charge on any atom is 0.119 e. The van der Waals surface area contributed by atoms with Crippen LogP contribution in [0.5, 0.6) is 5.75 Å². The second-order valence-electron chi connectivity index (χ2n) is 6.44. The molecule has 0 amide bonds. The number of anilines is 1. The molecule has 0 unspecified atom stereocenters. The SMILES string of the molecule is COc1ccc(N(C)CC2(CN)CCC(C)CC2)cc1. The van der Waals surface area contributed by atoms with Crippen molar-refractivity contribution in [3.8, 4) is 5.75 Å². The van der Waals surface area contributed by atoms with Gasteiger partial charge in [0.2, 0.25) is 0 Å². The Labute approximate surface area is 123 Å². The van der Waals surface area contributed by atoms with Crippen molar-refractivity contribution < 1.29 is 4.74 Å². The van der Waals surface area contributed by atoms with Gasteiger partial charge < -0.3 is 15.4 Å². The number of hydrogen-bond donors (Lipinski definition) is 1. The Morgan fingerprint density at radius 3 is 2.35 bits per heavy atom. The van der Waals surface area contributed by atoms with Gasteiger partial charge in [0.05, 0.1) is 7.11 Å². The molecule has 20 heavy (non-hydrogen) atoms. The van der Waals surface area contributed by atoms with E-state index in [2.05, 4.69) is 31.0 Å². The van der Waals surface area contributed by atoms with E-state index < -0.39 is 0 Å². The highest BCUT2D eigenvalue weighted by Crippen LogP contribution is 2.39. The Kier molecular flexibility index (Phi) is 4.92. The van der Waals surface area contributed by atoms with Crippen LogP contribution in [0.3, 0.4) is 0 Å². The summed E-state index contributed by atoms with van der Waals surface area (Å²) in [7, 11) is 3.86. The minimum absolute atomic E-state index is 0.293. The smallest absolute Gasteiger partial charge is 0.119 e. The van der Waals surface area contributed by atoms with E-state index in [1.54, 1.807) is 7.11 Å². The highest BCUT2D eigenvalue weighted by molar-refractivity contribution is 5.48. The van der Waals surface area contributed by atoms with Crippen LogP contribution in [-0.2, 0) is 0 Å². The van der Waals surface area contributed by atoms with Crippen LogP contribution in [0.4, 0.5) is 5.69 Å². The fourth-order valence-electron chi connectivity index (χ4n) is 3.23. The molecule has 3 heteroatoms. The van der Waals surface area contributed by atoms with E-state index in [1.165, 1.54) is 31.4 Å². The highest BCUT2D eigenvalue weighted by atomic mass is 16.5. The van der Waals surface area contributed by atoms with Gasteiger partial charge in [-0.1, -0.05) is 19.8 Å². The van der Waals surface area contributed by atoms with Gasteiger partial charge >= 0.3 is 0 Å². The molecule has 0 saturated heterocycles. The molecule has 0 aliphatic heterocycles.